The van der Waals surface area contributed by atoms with Crippen molar-refractivity contribution in [1.29, 1.82) is 0 Å². The number of pyridine rings is 1. The molecule has 2 heterocycles. The Morgan fingerprint density at radius 3 is 1.65 bits per heavy atom. The molecule has 0 fully saturated rings. The molecule has 200 valence electrons. The van der Waals surface area contributed by atoms with E-state index in [4.69, 9.17) is 4.98 Å². The summed E-state index contributed by atoms with van der Waals surface area (Å²) in [6.45, 7) is 0. The molecule has 0 atom stereocenters. The molecule has 0 spiro atoms. The second-order valence-electron chi connectivity index (χ2n) is 11.1. The van der Waals surface area contributed by atoms with Gasteiger partial charge in [-0.15, -0.1) is 11.3 Å². The van der Waals surface area contributed by atoms with Crippen LogP contribution in [0, 0.1) is 0 Å². The average Bonchev–Trinajstić information content (AvgIpc) is 3.43. The van der Waals surface area contributed by atoms with E-state index in [9.17, 15) is 0 Å². The van der Waals surface area contributed by atoms with E-state index in [2.05, 4.69) is 146 Å². The first-order valence-electron chi connectivity index (χ1n) is 14.6. The molecule has 1 nitrogen and oxygen atoms in total. The first-order valence-corrected chi connectivity index (χ1v) is 15.5. The van der Waals surface area contributed by atoms with Gasteiger partial charge in [-0.1, -0.05) is 121 Å². The molecule has 2 heteroatoms. The molecule has 0 aliphatic heterocycles. The normalized spacial score (nSPS) is 11.7. The molecular weight excluding hydrogens is 539 g/mol. The van der Waals surface area contributed by atoms with E-state index >= 15 is 0 Å². The predicted molar refractivity (Wildman–Crippen MR) is 186 cm³/mol. The molecule has 43 heavy (non-hydrogen) atoms. The zero-order chi connectivity index (χ0) is 28.3. The number of fused-ring (bicyclic) bond motifs is 6. The highest BCUT2D eigenvalue weighted by Gasteiger charge is 2.18. The SMILES string of the molecule is c1ccc(-c2cccc(-c3c4ccccc4c(-c4ccc5c(c4)sc4cc6ccccc6cc45)c4ccccc34)n2)cc1. The highest BCUT2D eigenvalue weighted by molar-refractivity contribution is 7.25. The fraction of sp³-hybridized carbons (Fsp3) is 0. The number of hydrogen-bond acceptors (Lipinski definition) is 2. The Labute approximate surface area is 253 Å². The van der Waals surface area contributed by atoms with Crippen molar-refractivity contribution in [3.05, 3.63) is 152 Å². The van der Waals surface area contributed by atoms with Crippen LogP contribution in [-0.2, 0) is 0 Å². The van der Waals surface area contributed by atoms with Crippen LogP contribution >= 0.6 is 11.3 Å². The predicted octanol–water partition coefficient (Wildman–Crippen LogP) is 11.9. The number of thiophene rings is 1. The van der Waals surface area contributed by atoms with Gasteiger partial charge < -0.3 is 0 Å². The largest absolute Gasteiger partial charge is 0.248 e. The molecule has 0 bridgehead atoms. The van der Waals surface area contributed by atoms with Gasteiger partial charge in [0.15, 0.2) is 0 Å². The van der Waals surface area contributed by atoms with E-state index in [1.807, 2.05) is 17.4 Å². The topological polar surface area (TPSA) is 12.9 Å². The van der Waals surface area contributed by atoms with E-state index < -0.39 is 0 Å². The van der Waals surface area contributed by atoms with E-state index in [1.54, 1.807) is 0 Å². The lowest BCUT2D eigenvalue weighted by atomic mass is 9.87. The molecule has 2 aromatic heterocycles. The summed E-state index contributed by atoms with van der Waals surface area (Å²) < 4.78 is 2.65. The summed E-state index contributed by atoms with van der Waals surface area (Å²) in [5.41, 5.74) is 6.80. The summed E-state index contributed by atoms with van der Waals surface area (Å²) in [6, 6.07) is 54.8. The van der Waals surface area contributed by atoms with Crippen molar-refractivity contribution in [2.45, 2.75) is 0 Å². The molecule has 9 aromatic rings. The Morgan fingerprint density at radius 1 is 0.349 bits per heavy atom. The van der Waals surface area contributed by atoms with Crippen LogP contribution in [0.15, 0.2) is 152 Å². The minimum absolute atomic E-state index is 0.984. The van der Waals surface area contributed by atoms with Crippen LogP contribution < -0.4 is 0 Å². The summed E-state index contributed by atoms with van der Waals surface area (Å²) in [7, 11) is 0. The number of rotatable bonds is 3. The summed E-state index contributed by atoms with van der Waals surface area (Å²) >= 11 is 1.89. The highest BCUT2D eigenvalue weighted by Crippen LogP contribution is 2.45. The quantitative estimate of drug-likeness (QED) is 0.195. The van der Waals surface area contributed by atoms with E-state index in [1.165, 1.54) is 69.2 Å². The standard InChI is InChI=1S/C41H25NS/c1-2-11-26(12-3-1)36-19-10-20-37(42-36)41-33-17-8-6-15-31(33)40(32-16-7-9-18-34(32)41)29-21-22-30-35-23-27-13-4-5-14-28(27)24-39(35)43-38(30)25-29/h1-25H. The average molecular weight is 564 g/mol. The lowest BCUT2D eigenvalue weighted by Gasteiger charge is -2.17. The highest BCUT2D eigenvalue weighted by atomic mass is 32.1. The Hall–Kier alpha value is -5.31. The third kappa shape index (κ3) is 3.88. The van der Waals surface area contributed by atoms with Crippen molar-refractivity contribution in [2.24, 2.45) is 0 Å². The first kappa shape index (κ1) is 24.3. The molecule has 0 aliphatic rings. The third-order valence-electron chi connectivity index (χ3n) is 8.63. The van der Waals surface area contributed by atoms with E-state index in [0.717, 1.165) is 17.0 Å². The molecule has 0 unspecified atom stereocenters. The number of nitrogens with zero attached hydrogens (tertiary/aromatic N) is 1. The molecule has 0 saturated heterocycles. The first-order chi connectivity index (χ1) is 21.3. The maximum absolute atomic E-state index is 5.21. The van der Waals surface area contributed by atoms with Gasteiger partial charge in [-0.05, 0) is 73.8 Å². The summed E-state index contributed by atoms with van der Waals surface area (Å²) in [4.78, 5) is 5.21. The van der Waals surface area contributed by atoms with Gasteiger partial charge in [-0.25, -0.2) is 4.98 Å². The Kier molecular flexibility index (Phi) is 5.44. The fourth-order valence-electron chi connectivity index (χ4n) is 6.68. The number of hydrogen-bond donors (Lipinski definition) is 0. The number of aromatic nitrogens is 1. The lowest BCUT2D eigenvalue weighted by Crippen LogP contribution is -1.93. The lowest BCUT2D eigenvalue weighted by molar-refractivity contribution is 1.33. The van der Waals surface area contributed by atoms with Gasteiger partial charge in [0, 0.05) is 31.3 Å². The molecule has 7 aromatic carbocycles. The Morgan fingerprint density at radius 2 is 0.930 bits per heavy atom. The van der Waals surface area contributed by atoms with Crippen molar-refractivity contribution < 1.29 is 0 Å². The second kappa shape index (κ2) is 9.62. The summed E-state index contributed by atoms with van der Waals surface area (Å²) in [6.07, 6.45) is 0. The van der Waals surface area contributed by atoms with Crippen molar-refractivity contribution in [3.8, 4) is 33.6 Å². The Bertz CT molecular complexity index is 2450. The van der Waals surface area contributed by atoms with Crippen molar-refractivity contribution >= 4 is 63.8 Å². The van der Waals surface area contributed by atoms with Gasteiger partial charge in [0.1, 0.15) is 0 Å². The molecule has 0 N–H and O–H groups in total. The maximum Gasteiger partial charge on any atom is 0.0722 e. The van der Waals surface area contributed by atoms with Gasteiger partial charge in [0.2, 0.25) is 0 Å². The molecule has 9 rings (SSSR count). The minimum Gasteiger partial charge on any atom is -0.248 e. The van der Waals surface area contributed by atoms with Gasteiger partial charge in [-0.3, -0.25) is 0 Å². The van der Waals surface area contributed by atoms with Gasteiger partial charge >= 0.3 is 0 Å². The fourth-order valence-corrected chi connectivity index (χ4v) is 7.85. The minimum atomic E-state index is 0.984. The van der Waals surface area contributed by atoms with Crippen molar-refractivity contribution in [2.75, 3.05) is 0 Å². The van der Waals surface area contributed by atoms with Crippen LogP contribution in [0.1, 0.15) is 0 Å². The molecule has 0 radical (unpaired) electrons. The van der Waals surface area contributed by atoms with Gasteiger partial charge in [0.05, 0.1) is 11.4 Å². The zero-order valence-corrected chi connectivity index (χ0v) is 24.1. The van der Waals surface area contributed by atoms with Crippen LogP contribution in [0.2, 0.25) is 0 Å². The summed E-state index contributed by atoms with van der Waals surface area (Å²) in [5, 5.41) is 10.2. The Balaban J connectivity index is 1.31. The zero-order valence-electron chi connectivity index (χ0n) is 23.3. The molecular formula is C41H25NS. The number of benzene rings is 7. The smallest absolute Gasteiger partial charge is 0.0722 e. The van der Waals surface area contributed by atoms with Crippen LogP contribution in [-0.4, -0.2) is 4.98 Å². The van der Waals surface area contributed by atoms with Crippen LogP contribution in [0.25, 0.3) is 86.1 Å². The maximum atomic E-state index is 5.21. The molecule has 0 saturated carbocycles. The van der Waals surface area contributed by atoms with Gasteiger partial charge in [0.25, 0.3) is 0 Å². The summed E-state index contributed by atoms with van der Waals surface area (Å²) in [5.74, 6) is 0. The monoisotopic (exact) mass is 563 g/mol. The van der Waals surface area contributed by atoms with Gasteiger partial charge in [-0.2, -0.15) is 0 Å². The van der Waals surface area contributed by atoms with Crippen molar-refractivity contribution in [3.63, 3.8) is 0 Å². The third-order valence-corrected chi connectivity index (χ3v) is 9.75. The van der Waals surface area contributed by atoms with Crippen LogP contribution in [0.5, 0.6) is 0 Å². The molecule has 0 aliphatic carbocycles. The second-order valence-corrected chi connectivity index (χ2v) is 12.2. The molecule has 0 amide bonds. The van der Waals surface area contributed by atoms with Crippen LogP contribution in [0.3, 0.4) is 0 Å². The van der Waals surface area contributed by atoms with E-state index in [0.29, 0.717) is 0 Å². The van der Waals surface area contributed by atoms with Crippen LogP contribution in [0.4, 0.5) is 0 Å². The van der Waals surface area contributed by atoms with E-state index in [-0.39, 0.29) is 0 Å². The van der Waals surface area contributed by atoms with Crippen molar-refractivity contribution in [1.82, 2.24) is 4.98 Å².